The highest BCUT2D eigenvalue weighted by atomic mass is 16.6. The number of alkyl carbamates (subject to hydrolysis) is 2. The van der Waals surface area contributed by atoms with Crippen molar-refractivity contribution in [2.45, 2.75) is 109 Å². The van der Waals surface area contributed by atoms with Gasteiger partial charge in [-0.1, -0.05) is 97.1 Å². The van der Waals surface area contributed by atoms with E-state index in [0.29, 0.717) is 13.1 Å². The van der Waals surface area contributed by atoms with Crippen molar-refractivity contribution in [1.82, 2.24) is 15.5 Å². The number of carboxylic acids is 1. The first kappa shape index (κ1) is 47.8. The first-order valence-electron chi connectivity index (χ1n) is 22.1. The monoisotopic (exact) mass is 889 g/mol. The normalized spacial score (nSPS) is 15.0. The number of carbonyl (C=O) groups excluding carboxylic acids is 5. The summed E-state index contributed by atoms with van der Waals surface area (Å²) in [6.45, 7) is 11.8. The number of piperidine rings is 1. The lowest BCUT2D eigenvalue weighted by atomic mass is 9.98. The van der Waals surface area contributed by atoms with Gasteiger partial charge in [0, 0.05) is 24.9 Å². The van der Waals surface area contributed by atoms with E-state index in [4.69, 9.17) is 18.9 Å². The van der Waals surface area contributed by atoms with Crippen molar-refractivity contribution in [3.63, 3.8) is 0 Å². The predicted molar refractivity (Wildman–Crippen MR) is 243 cm³/mol. The quantitative estimate of drug-likeness (QED) is 0.0917. The number of carboxylic acid groups (broad SMARTS) is 1. The molecule has 3 aliphatic rings. The number of carbonyl (C=O) groups is 6. The molecule has 1 aliphatic heterocycles. The highest BCUT2D eigenvalue weighted by Crippen LogP contribution is 2.45. The maximum atomic E-state index is 13.2. The molecular weight excluding hydrogens is 831 g/mol. The number of ether oxygens (including phenoxy) is 4. The molecular formula is C51H59N3O11. The SMILES string of the molecule is CC(C)(C)OC(=O)C[C@H](NC(=O)OCC1c2ccccc2-c2ccccc21)C(=O)N1CCCCC1.CC(C)(C)OC(=O)C[C@H](NC(=O)OCC1c2ccccc2-c2ccccc21)C(=O)O. The van der Waals surface area contributed by atoms with Crippen LogP contribution in [0.2, 0.25) is 0 Å². The van der Waals surface area contributed by atoms with Crippen molar-refractivity contribution >= 4 is 36.0 Å². The van der Waals surface area contributed by atoms with Gasteiger partial charge in [0.2, 0.25) is 5.91 Å². The zero-order valence-corrected chi connectivity index (χ0v) is 37.9. The molecule has 2 aliphatic carbocycles. The minimum Gasteiger partial charge on any atom is -0.480 e. The Morgan fingerprint density at radius 3 is 1.25 bits per heavy atom. The summed E-state index contributed by atoms with van der Waals surface area (Å²) < 4.78 is 21.5. The zero-order valence-electron chi connectivity index (χ0n) is 37.9. The van der Waals surface area contributed by atoms with Crippen molar-refractivity contribution in [2.24, 2.45) is 0 Å². The largest absolute Gasteiger partial charge is 0.480 e. The number of rotatable bonds is 12. The molecule has 0 spiro atoms. The molecule has 7 rings (SSSR count). The van der Waals surface area contributed by atoms with Gasteiger partial charge in [-0.3, -0.25) is 14.4 Å². The Kier molecular flexibility index (Phi) is 15.3. The summed E-state index contributed by atoms with van der Waals surface area (Å²) in [6, 6.07) is 29.5. The van der Waals surface area contributed by atoms with Gasteiger partial charge in [0.25, 0.3) is 0 Å². The molecule has 1 fully saturated rings. The third-order valence-electron chi connectivity index (χ3n) is 11.1. The summed E-state index contributed by atoms with van der Waals surface area (Å²) in [5.74, 6) is -3.09. The zero-order chi connectivity index (χ0) is 46.9. The van der Waals surface area contributed by atoms with Gasteiger partial charge in [-0.25, -0.2) is 14.4 Å². The molecule has 2 atom stereocenters. The summed E-state index contributed by atoms with van der Waals surface area (Å²) in [4.78, 5) is 75.8. The Hall–Kier alpha value is -6.70. The first-order valence-corrected chi connectivity index (χ1v) is 22.1. The second-order valence-electron chi connectivity index (χ2n) is 18.4. The molecule has 65 heavy (non-hydrogen) atoms. The molecule has 4 aromatic carbocycles. The van der Waals surface area contributed by atoms with E-state index >= 15 is 0 Å². The van der Waals surface area contributed by atoms with Crippen LogP contribution in [-0.4, -0.2) is 95.6 Å². The van der Waals surface area contributed by atoms with Gasteiger partial charge in [0.1, 0.15) is 36.5 Å². The number of amides is 3. The van der Waals surface area contributed by atoms with Gasteiger partial charge < -0.3 is 39.6 Å². The summed E-state index contributed by atoms with van der Waals surface area (Å²) in [6.07, 6.45) is 0.554. The van der Waals surface area contributed by atoms with E-state index in [0.717, 1.165) is 63.8 Å². The lowest BCUT2D eigenvalue weighted by molar-refractivity contribution is -0.158. The van der Waals surface area contributed by atoms with E-state index < -0.39 is 59.8 Å². The number of likely N-dealkylation sites (tertiary alicyclic amines) is 1. The number of hydrogen-bond donors (Lipinski definition) is 3. The lowest BCUT2D eigenvalue weighted by Crippen LogP contribution is -2.51. The van der Waals surface area contributed by atoms with E-state index in [2.05, 4.69) is 22.8 Å². The summed E-state index contributed by atoms with van der Waals surface area (Å²) in [5, 5.41) is 14.2. The molecule has 0 saturated carbocycles. The lowest BCUT2D eigenvalue weighted by Gasteiger charge is -2.31. The van der Waals surface area contributed by atoms with Gasteiger partial charge >= 0.3 is 30.1 Å². The molecule has 3 N–H and O–H groups in total. The number of benzene rings is 4. The van der Waals surface area contributed by atoms with Crippen LogP contribution in [0.1, 0.15) is 108 Å². The second-order valence-corrected chi connectivity index (χ2v) is 18.4. The fourth-order valence-corrected chi connectivity index (χ4v) is 8.40. The topological polar surface area (TPSA) is 187 Å². The van der Waals surface area contributed by atoms with Crippen LogP contribution >= 0.6 is 0 Å². The number of esters is 2. The average Bonchev–Trinajstić information content (AvgIpc) is 3.75. The first-order chi connectivity index (χ1) is 30.9. The molecule has 4 aromatic rings. The fourth-order valence-electron chi connectivity index (χ4n) is 8.40. The highest BCUT2D eigenvalue weighted by molar-refractivity contribution is 5.90. The fraction of sp³-hybridized carbons (Fsp3) is 0.412. The number of aliphatic carboxylic acids is 1. The third kappa shape index (κ3) is 12.7. The van der Waals surface area contributed by atoms with Crippen molar-refractivity contribution in [3.05, 3.63) is 119 Å². The number of nitrogens with one attached hydrogen (secondary N) is 2. The van der Waals surface area contributed by atoms with Crippen LogP contribution in [0.3, 0.4) is 0 Å². The molecule has 14 nitrogen and oxygen atoms in total. The number of fused-ring (bicyclic) bond motifs is 6. The van der Waals surface area contributed by atoms with Crippen molar-refractivity contribution in [2.75, 3.05) is 26.3 Å². The molecule has 14 heteroatoms. The van der Waals surface area contributed by atoms with Gasteiger partial charge in [-0.05, 0) is 105 Å². The van der Waals surface area contributed by atoms with Gasteiger partial charge in [0.15, 0.2) is 0 Å². The average molecular weight is 890 g/mol. The standard InChI is InChI=1S/C28H34N2O5.C23H25NO6/c1-28(2,3)35-25(31)17-24(26(32)30-15-9-4-10-16-30)29-27(33)34-18-23-21-13-7-5-11-19(21)20-12-6-8-14-22(20)23;1-23(2,3)30-20(25)12-19(21(26)27)24-22(28)29-13-18-16-10-6-4-8-14(16)15-9-5-7-11-17(15)18/h5-8,11-14,23-24H,4,9-10,15-18H2,1-3H3,(H,29,33);4-11,18-19H,12-13H2,1-3H3,(H,24,28)(H,26,27)/t24-;19-/m00/s1. The molecule has 0 unspecified atom stereocenters. The number of hydrogen-bond acceptors (Lipinski definition) is 10. The minimum atomic E-state index is -1.43. The Morgan fingerprint density at radius 1 is 0.554 bits per heavy atom. The van der Waals surface area contributed by atoms with Crippen LogP contribution in [0.25, 0.3) is 22.3 Å². The molecule has 0 bridgehead atoms. The predicted octanol–water partition coefficient (Wildman–Crippen LogP) is 8.35. The van der Waals surface area contributed by atoms with Gasteiger partial charge in [-0.2, -0.15) is 0 Å². The third-order valence-corrected chi connectivity index (χ3v) is 11.1. The van der Waals surface area contributed by atoms with Crippen molar-refractivity contribution in [3.8, 4) is 22.3 Å². The second kappa shape index (κ2) is 20.9. The van der Waals surface area contributed by atoms with E-state index in [9.17, 15) is 33.9 Å². The Morgan fingerprint density at radius 2 is 0.892 bits per heavy atom. The van der Waals surface area contributed by atoms with Crippen molar-refractivity contribution < 1.29 is 52.8 Å². The van der Waals surface area contributed by atoms with Crippen LogP contribution in [0.15, 0.2) is 97.1 Å². The van der Waals surface area contributed by atoms with Gasteiger partial charge in [0.05, 0.1) is 12.8 Å². The number of nitrogens with zero attached hydrogens (tertiary/aromatic N) is 1. The summed E-state index contributed by atoms with van der Waals surface area (Å²) in [5.41, 5.74) is 7.35. The highest BCUT2D eigenvalue weighted by Gasteiger charge is 2.34. The maximum absolute atomic E-state index is 13.2. The van der Waals surface area contributed by atoms with Crippen LogP contribution in [-0.2, 0) is 38.1 Å². The smallest absolute Gasteiger partial charge is 0.407 e. The van der Waals surface area contributed by atoms with E-state index in [1.165, 1.54) is 0 Å². The van der Waals surface area contributed by atoms with Crippen LogP contribution in [0.5, 0.6) is 0 Å². The summed E-state index contributed by atoms with van der Waals surface area (Å²) in [7, 11) is 0. The Labute approximate surface area is 380 Å². The van der Waals surface area contributed by atoms with E-state index in [-0.39, 0.29) is 37.4 Å². The van der Waals surface area contributed by atoms with Gasteiger partial charge in [-0.15, -0.1) is 0 Å². The van der Waals surface area contributed by atoms with E-state index in [1.54, 1.807) is 46.4 Å². The van der Waals surface area contributed by atoms with Crippen molar-refractivity contribution in [1.29, 1.82) is 0 Å². The molecule has 0 aromatic heterocycles. The van der Waals surface area contributed by atoms with Crippen LogP contribution in [0.4, 0.5) is 9.59 Å². The minimum absolute atomic E-state index is 0.0542. The molecule has 1 saturated heterocycles. The molecule has 0 radical (unpaired) electrons. The maximum Gasteiger partial charge on any atom is 0.407 e. The Bertz CT molecular complexity index is 2290. The molecule has 3 amide bonds. The van der Waals surface area contributed by atoms with E-state index in [1.807, 2.05) is 84.9 Å². The van der Waals surface area contributed by atoms with Crippen LogP contribution in [0, 0.1) is 0 Å². The Balaban J connectivity index is 0.000000218. The van der Waals surface area contributed by atoms with Crippen LogP contribution < -0.4 is 10.6 Å². The summed E-state index contributed by atoms with van der Waals surface area (Å²) >= 11 is 0. The molecule has 1 heterocycles. The molecule has 344 valence electrons.